The molecule has 2 heterocycles. The Morgan fingerprint density at radius 2 is 2.20 bits per heavy atom. The number of rotatable bonds is 2. The Morgan fingerprint density at radius 1 is 1.50 bits per heavy atom. The monoisotopic (exact) mass is 298 g/mol. The second-order valence-corrected chi connectivity index (χ2v) is 6.44. The van der Waals surface area contributed by atoms with Gasteiger partial charge in [0.05, 0.1) is 12.2 Å². The summed E-state index contributed by atoms with van der Waals surface area (Å²) in [6, 6.07) is 3.22. The third-order valence-corrected chi connectivity index (χ3v) is 3.69. The molecule has 1 N–H and O–H groups in total. The lowest BCUT2D eigenvalue weighted by Gasteiger charge is -2.36. The highest BCUT2D eigenvalue weighted by Crippen LogP contribution is 2.35. The average molecular weight is 299 g/mol. The zero-order chi connectivity index (χ0) is 14.9. The second kappa shape index (κ2) is 5.48. The van der Waals surface area contributed by atoms with E-state index in [-0.39, 0.29) is 17.6 Å². The Morgan fingerprint density at radius 3 is 2.70 bits per heavy atom. The Hall–Kier alpha value is -1.49. The fourth-order valence-corrected chi connectivity index (χ4v) is 2.85. The third kappa shape index (κ3) is 3.15. The standard InChI is InChI=1S/C14H19ClN2O3/c1-14(2,3)12-10(6-7-17(12)13(18)19)20-9-4-5-11(15)16-8-9/h4-5,8,10,12H,6-7H2,1-3H3,(H,18,19). The van der Waals surface area contributed by atoms with E-state index < -0.39 is 6.09 Å². The van der Waals surface area contributed by atoms with Crippen LogP contribution in [0.4, 0.5) is 4.79 Å². The zero-order valence-electron chi connectivity index (χ0n) is 11.8. The number of carboxylic acid groups (broad SMARTS) is 1. The minimum Gasteiger partial charge on any atom is -0.487 e. The smallest absolute Gasteiger partial charge is 0.407 e. The number of amides is 1. The Labute approximate surface area is 123 Å². The van der Waals surface area contributed by atoms with E-state index in [9.17, 15) is 9.90 Å². The van der Waals surface area contributed by atoms with Crippen LogP contribution in [0, 0.1) is 5.41 Å². The number of carbonyl (C=O) groups is 1. The van der Waals surface area contributed by atoms with Crippen LogP contribution >= 0.6 is 11.6 Å². The normalized spacial score (nSPS) is 22.9. The summed E-state index contributed by atoms with van der Waals surface area (Å²) >= 11 is 5.74. The van der Waals surface area contributed by atoms with Crippen molar-refractivity contribution in [2.75, 3.05) is 6.54 Å². The van der Waals surface area contributed by atoms with Gasteiger partial charge >= 0.3 is 6.09 Å². The van der Waals surface area contributed by atoms with Gasteiger partial charge in [-0.25, -0.2) is 9.78 Å². The molecule has 1 amide bonds. The zero-order valence-corrected chi connectivity index (χ0v) is 12.6. The SMILES string of the molecule is CC(C)(C)C1C(Oc2ccc(Cl)nc2)CCN1C(=O)O. The van der Waals surface area contributed by atoms with Crippen molar-refractivity contribution in [3.63, 3.8) is 0 Å². The first-order valence-corrected chi connectivity index (χ1v) is 6.94. The number of pyridine rings is 1. The van der Waals surface area contributed by atoms with Gasteiger partial charge in [0, 0.05) is 13.0 Å². The van der Waals surface area contributed by atoms with Crippen molar-refractivity contribution in [2.45, 2.75) is 39.3 Å². The van der Waals surface area contributed by atoms with Crippen molar-refractivity contribution in [3.8, 4) is 5.75 Å². The summed E-state index contributed by atoms with van der Waals surface area (Å²) in [4.78, 5) is 16.8. The van der Waals surface area contributed by atoms with Gasteiger partial charge in [-0.1, -0.05) is 32.4 Å². The number of ether oxygens (including phenoxy) is 1. The number of halogens is 1. The van der Waals surface area contributed by atoms with Crippen LogP contribution < -0.4 is 4.74 Å². The Bertz CT molecular complexity index is 484. The number of hydrogen-bond donors (Lipinski definition) is 1. The first-order valence-electron chi connectivity index (χ1n) is 6.57. The topological polar surface area (TPSA) is 62.7 Å². The van der Waals surface area contributed by atoms with Crippen LogP contribution in [0.1, 0.15) is 27.2 Å². The van der Waals surface area contributed by atoms with E-state index in [4.69, 9.17) is 16.3 Å². The summed E-state index contributed by atoms with van der Waals surface area (Å²) < 4.78 is 5.92. The van der Waals surface area contributed by atoms with Gasteiger partial charge in [0.2, 0.25) is 0 Å². The summed E-state index contributed by atoms with van der Waals surface area (Å²) in [5.41, 5.74) is -0.195. The molecule has 0 saturated carbocycles. The number of aromatic nitrogens is 1. The lowest BCUT2D eigenvalue weighted by Crippen LogP contribution is -2.48. The number of hydrogen-bond acceptors (Lipinski definition) is 3. The Kier molecular flexibility index (Phi) is 4.09. The fraction of sp³-hybridized carbons (Fsp3) is 0.571. The first-order chi connectivity index (χ1) is 9.29. The molecule has 0 bridgehead atoms. The molecule has 0 radical (unpaired) electrons. The van der Waals surface area contributed by atoms with E-state index in [2.05, 4.69) is 4.98 Å². The van der Waals surface area contributed by atoms with Crippen LogP contribution in [0.5, 0.6) is 5.75 Å². The molecular weight excluding hydrogens is 280 g/mol. The van der Waals surface area contributed by atoms with Crippen molar-refractivity contribution in [3.05, 3.63) is 23.5 Å². The van der Waals surface area contributed by atoms with Crippen LogP contribution in [-0.4, -0.2) is 39.8 Å². The van der Waals surface area contributed by atoms with Crippen molar-refractivity contribution < 1.29 is 14.6 Å². The van der Waals surface area contributed by atoms with Crippen LogP contribution in [0.15, 0.2) is 18.3 Å². The van der Waals surface area contributed by atoms with E-state index in [1.54, 1.807) is 18.3 Å². The minimum atomic E-state index is -0.898. The number of likely N-dealkylation sites (tertiary alicyclic amines) is 1. The molecule has 1 fully saturated rings. The van der Waals surface area contributed by atoms with E-state index in [1.807, 2.05) is 20.8 Å². The highest BCUT2D eigenvalue weighted by atomic mass is 35.5. The van der Waals surface area contributed by atoms with Gasteiger partial charge in [-0.05, 0) is 17.5 Å². The van der Waals surface area contributed by atoms with Gasteiger partial charge in [0.25, 0.3) is 0 Å². The first kappa shape index (κ1) is 14.9. The van der Waals surface area contributed by atoms with Crippen LogP contribution in [-0.2, 0) is 0 Å². The van der Waals surface area contributed by atoms with Crippen molar-refractivity contribution >= 4 is 17.7 Å². The quantitative estimate of drug-likeness (QED) is 0.851. The molecule has 1 aromatic heterocycles. The van der Waals surface area contributed by atoms with Crippen molar-refractivity contribution in [2.24, 2.45) is 5.41 Å². The molecule has 1 aliphatic rings. The highest BCUT2D eigenvalue weighted by molar-refractivity contribution is 6.29. The predicted molar refractivity (Wildman–Crippen MR) is 76.3 cm³/mol. The molecular formula is C14H19ClN2O3. The van der Waals surface area contributed by atoms with Crippen LogP contribution in [0.2, 0.25) is 5.15 Å². The van der Waals surface area contributed by atoms with Gasteiger partial charge in [0.1, 0.15) is 17.0 Å². The lowest BCUT2D eigenvalue weighted by molar-refractivity contribution is 0.0570. The molecule has 5 nitrogen and oxygen atoms in total. The van der Waals surface area contributed by atoms with Crippen molar-refractivity contribution in [1.29, 1.82) is 0 Å². The van der Waals surface area contributed by atoms with E-state index >= 15 is 0 Å². The molecule has 20 heavy (non-hydrogen) atoms. The molecule has 2 unspecified atom stereocenters. The molecule has 0 aliphatic carbocycles. The molecule has 1 aromatic rings. The summed E-state index contributed by atoms with van der Waals surface area (Å²) in [5.74, 6) is 0.612. The maximum Gasteiger partial charge on any atom is 0.407 e. The maximum atomic E-state index is 11.3. The van der Waals surface area contributed by atoms with Gasteiger partial charge < -0.3 is 14.7 Å². The van der Waals surface area contributed by atoms with Crippen molar-refractivity contribution in [1.82, 2.24) is 9.88 Å². The van der Waals surface area contributed by atoms with E-state index in [0.717, 1.165) is 0 Å². The molecule has 1 aliphatic heterocycles. The molecule has 6 heteroatoms. The summed E-state index contributed by atoms with van der Waals surface area (Å²) in [7, 11) is 0. The van der Waals surface area contributed by atoms with Gasteiger partial charge in [-0.3, -0.25) is 0 Å². The highest BCUT2D eigenvalue weighted by Gasteiger charge is 2.45. The van der Waals surface area contributed by atoms with Gasteiger partial charge in [-0.15, -0.1) is 0 Å². The largest absolute Gasteiger partial charge is 0.487 e. The van der Waals surface area contributed by atoms with Crippen LogP contribution in [0.25, 0.3) is 0 Å². The predicted octanol–water partition coefficient (Wildman–Crippen LogP) is 3.28. The van der Waals surface area contributed by atoms with E-state index in [1.165, 1.54) is 4.90 Å². The second-order valence-electron chi connectivity index (χ2n) is 6.05. The average Bonchev–Trinajstić information content (AvgIpc) is 2.76. The Balaban J connectivity index is 2.18. The molecule has 2 atom stereocenters. The summed E-state index contributed by atoms with van der Waals surface area (Å²) in [5, 5.41) is 9.71. The van der Waals surface area contributed by atoms with Crippen LogP contribution in [0.3, 0.4) is 0 Å². The van der Waals surface area contributed by atoms with E-state index in [0.29, 0.717) is 23.9 Å². The summed E-state index contributed by atoms with van der Waals surface area (Å²) in [6.07, 6.45) is 1.17. The molecule has 0 spiro atoms. The minimum absolute atomic E-state index is 0.172. The third-order valence-electron chi connectivity index (χ3n) is 3.46. The summed E-state index contributed by atoms with van der Waals surface area (Å²) in [6.45, 7) is 6.56. The molecule has 1 saturated heterocycles. The van der Waals surface area contributed by atoms with Gasteiger partial charge in [0.15, 0.2) is 0 Å². The molecule has 110 valence electrons. The molecule has 2 rings (SSSR count). The maximum absolute atomic E-state index is 11.3. The fourth-order valence-electron chi connectivity index (χ4n) is 2.73. The van der Waals surface area contributed by atoms with Gasteiger partial charge in [-0.2, -0.15) is 0 Å². The molecule has 0 aromatic carbocycles. The lowest BCUT2D eigenvalue weighted by atomic mass is 9.84. The number of nitrogens with zero attached hydrogens (tertiary/aromatic N) is 2.